The molecule has 5 rings (SSSR count). The fraction of sp³-hybridized carbons (Fsp3) is 0.0400. The maximum absolute atomic E-state index is 13.1. The summed E-state index contributed by atoms with van der Waals surface area (Å²) in [7, 11) is -3.63. The number of hydrazone groups is 1. The zero-order chi connectivity index (χ0) is 22.1. The second-order valence-corrected chi connectivity index (χ2v) is 9.28. The molecule has 0 bridgehead atoms. The Labute approximate surface area is 185 Å². The van der Waals surface area contributed by atoms with E-state index in [9.17, 15) is 13.2 Å². The monoisotopic (exact) mass is 441 g/mol. The van der Waals surface area contributed by atoms with Crippen LogP contribution in [0, 0.1) is 0 Å². The smallest absolute Gasteiger partial charge is 0.267 e. The predicted octanol–water partition coefficient (Wildman–Crippen LogP) is 4.31. The van der Waals surface area contributed by atoms with Crippen molar-refractivity contribution in [1.29, 1.82) is 0 Å². The fourth-order valence-electron chi connectivity index (χ4n) is 3.82. The summed E-state index contributed by atoms with van der Waals surface area (Å²) in [6, 6.07) is 27.2. The first-order chi connectivity index (χ1) is 15.5. The molecule has 1 aliphatic rings. The molecule has 1 aliphatic heterocycles. The molecule has 1 amide bonds. The molecule has 4 aromatic rings. The Bertz CT molecular complexity index is 1440. The standard InChI is InChI=1S/C25H19N3O3S/c29-25(27-26-16-18-6-2-1-3-7-18)21-14-12-19(13-15-21)17-28-22-10-4-8-20-9-5-11-23(24(20)22)32(28,30)31/h1-16H,17H2,(H,27,29). The molecule has 6 nitrogen and oxygen atoms in total. The van der Waals surface area contributed by atoms with Crippen molar-refractivity contribution < 1.29 is 13.2 Å². The predicted molar refractivity (Wildman–Crippen MR) is 125 cm³/mol. The van der Waals surface area contributed by atoms with E-state index in [0.717, 1.165) is 21.9 Å². The highest BCUT2D eigenvalue weighted by Gasteiger charge is 2.35. The molecule has 7 heteroatoms. The van der Waals surface area contributed by atoms with E-state index in [-0.39, 0.29) is 12.5 Å². The summed E-state index contributed by atoms with van der Waals surface area (Å²) in [4.78, 5) is 12.7. The molecule has 0 unspecified atom stereocenters. The number of carbonyl (C=O) groups is 1. The molecule has 0 atom stereocenters. The second kappa shape index (κ2) is 7.94. The van der Waals surface area contributed by atoms with Gasteiger partial charge in [0.1, 0.15) is 0 Å². The Morgan fingerprint density at radius 2 is 1.59 bits per heavy atom. The van der Waals surface area contributed by atoms with Crippen molar-refractivity contribution in [2.75, 3.05) is 4.31 Å². The minimum atomic E-state index is -3.63. The van der Waals surface area contributed by atoms with Gasteiger partial charge >= 0.3 is 0 Å². The number of hydrogen-bond acceptors (Lipinski definition) is 4. The number of benzene rings is 4. The third-order valence-corrected chi connectivity index (χ3v) is 7.20. The van der Waals surface area contributed by atoms with Crippen LogP contribution in [0.1, 0.15) is 21.5 Å². The zero-order valence-corrected chi connectivity index (χ0v) is 17.8. The van der Waals surface area contributed by atoms with Gasteiger partial charge in [-0.25, -0.2) is 13.8 Å². The third-order valence-electron chi connectivity index (χ3n) is 5.40. The summed E-state index contributed by atoms with van der Waals surface area (Å²) in [5.41, 5.74) is 5.28. The first-order valence-electron chi connectivity index (χ1n) is 10.1. The van der Waals surface area contributed by atoms with E-state index in [4.69, 9.17) is 0 Å². The van der Waals surface area contributed by atoms with Crippen molar-refractivity contribution in [2.45, 2.75) is 11.4 Å². The maximum Gasteiger partial charge on any atom is 0.271 e. The molecular weight excluding hydrogens is 422 g/mol. The molecule has 32 heavy (non-hydrogen) atoms. The number of hydrogen-bond donors (Lipinski definition) is 1. The zero-order valence-electron chi connectivity index (χ0n) is 17.0. The number of sulfonamides is 1. The number of nitrogens with zero attached hydrogens (tertiary/aromatic N) is 2. The quantitative estimate of drug-likeness (QED) is 0.370. The molecule has 0 aliphatic carbocycles. The van der Waals surface area contributed by atoms with E-state index < -0.39 is 10.0 Å². The summed E-state index contributed by atoms with van der Waals surface area (Å²) < 4.78 is 27.7. The van der Waals surface area contributed by atoms with Gasteiger partial charge in [0.2, 0.25) is 0 Å². The highest BCUT2D eigenvalue weighted by atomic mass is 32.2. The van der Waals surface area contributed by atoms with Gasteiger partial charge in [0.15, 0.2) is 0 Å². The number of rotatable bonds is 5. The van der Waals surface area contributed by atoms with Crippen molar-refractivity contribution in [1.82, 2.24) is 5.43 Å². The Kier molecular flexibility index (Phi) is 4.95. The van der Waals surface area contributed by atoms with Gasteiger partial charge in [-0.15, -0.1) is 0 Å². The van der Waals surface area contributed by atoms with Crippen LogP contribution in [0.15, 0.2) is 101 Å². The first kappa shape index (κ1) is 20.0. The molecule has 0 saturated carbocycles. The molecule has 0 spiro atoms. The van der Waals surface area contributed by atoms with Gasteiger partial charge in [-0.3, -0.25) is 9.10 Å². The van der Waals surface area contributed by atoms with Gasteiger partial charge in [-0.2, -0.15) is 5.10 Å². The lowest BCUT2D eigenvalue weighted by atomic mass is 10.1. The topological polar surface area (TPSA) is 78.8 Å². The van der Waals surface area contributed by atoms with Crippen LogP contribution in [0.4, 0.5) is 5.69 Å². The summed E-state index contributed by atoms with van der Waals surface area (Å²) in [5.74, 6) is -0.338. The van der Waals surface area contributed by atoms with E-state index in [0.29, 0.717) is 16.1 Å². The Morgan fingerprint density at radius 1 is 0.875 bits per heavy atom. The van der Waals surface area contributed by atoms with Crippen LogP contribution in [-0.2, 0) is 16.6 Å². The number of nitrogens with one attached hydrogen (secondary N) is 1. The van der Waals surface area contributed by atoms with Crippen LogP contribution in [-0.4, -0.2) is 20.5 Å². The SMILES string of the molecule is O=C(NN=Cc1ccccc1)c1ccc(CN2c3cccc4cccc(c34)S2(=O)=O)cc1. The van der Waals surface area contributed by atoms with Crippen LogP contribution in [0.2, 0.25) is 0 Å². The Hall–Kier alpha value is -3.97. The number of anilines is 1. The lowest BCUT2D eigenvalue weighted by Crippen LogP contribution is -2.26. The van der Waals surface area contributed by atoms with E-state index >= 15 is 0 Å². The molecule has 4 aromatic carbocycles. The number of amides is 1. The second-order valence-electron chi connectivity index (χ2n) is 7.45. The molecule has 1 N–H and O–H groups in total. The lowest BCUT2D eigenvalue weighted by molar-refractivity contribution is 0.0955. The van der Waals surface area contributed by atoms with Crippen molar-refractivity contribution in [3.8, 4) is 0 Å². The minimum absolute atomic E-state index is 0.185. The molecule has 158 valence electrons. The average Bonchev–Trinajstić information content (AvgIpc) is 3.03. The number of carbonyl (C=O) groups excluding carboxylic acids is 1. The van der Waals surface area contributed by atoms with E-state index in [1.54, 1.807) is 42.6 Å². The van der Waals surface area contributed by atoms with Crippen molar-refractivity contribution >= 4 is 38.6 Å². The normalized spacial score (nSPS) is 14.2. The molecular formula is C25H19N3O3S. The van der Waals surface area contributed by atoms with Gasteiger partial charge in [-0.1, -0.05) is 66.7 Å². The van der Waals surface area contributed by atoms with Crippen LogP contribution < -0.4 is 9.73 Å². The summed E-state index contributed by atoms with van der Waals surface area (Å²) in [5, 5.41) is 5.62. The molecule has 0 aromatic heterocycles. The van der Waals surface area contributed by atoms with Gasteiger partial charge in [0, 0.05) is 10.9 Å². The highest BCUT2D eigenvalue weighted by molar-refractivity contribution is 7.93. The van der Waals surface area contributed by atoms with Crippen LogP contribution >= 0.6 is 0 Å². The molecule has 0 radical (unpaired) electrons. The van der Waals surface area contributed by atoms with Crippen molar-refractivity contribution in [3.05, 3.63) is 108 Å². The van der Waals surface area contributed by atoms with Gasteiger partial charge in [0.05, 0.1) is 23.3 Å². The van der Waals surface area contributed by atoms with Gasteiger partial charge in [0.25, 0.3) is 15.9 Å². The summed E-state index contributed by atoms with van der Waals surface area (Å²) in [6.45, 7) is 0.185. The Balaban J connectivity index is 1.33. The average molecular weight is 442 g/mol. The van der Waals surface area contributed by atoms with E-state index in [1.165, 1.54) is 4.31 Å². The summed E-state index contributed by atoms with van der Waals surface area (Å²) >= 11 is 0. The largest absolute Gasteiger partial charge is 0.271 e. The maximum atomic E-state index is 13.1. The Morgan fingerprint density at radius 3 is 2.34 bits per heavy atom. The van der Waals surface area contributed by atoms with Crippen LogP contribution in [0.25, 0.3) is 10.8 Å². The fourth-order valence-corrected chi connectivity index (χ4v) is 5.52. The molecule has 0 fully saturated rings. The van der Waals surface area contributed by atoms with Crippen LogP contribution in [0.3, 0.4) is 0 Å². The van der Waals surface area contributed by atoms with E-state index in [1.807, 2.05) is 54.6 Å². The highest BCUT2D eigenvalue weighted by Crippen LogP contribution is 2.42. The first-order valence-corrected chi connectivity index (χ1v) is 11.5. The van der Waals surface area contributed by atoms with Crippen LogP contribution in [0.5, 0.6) is 0 Å². The third kappa shape index (κ3) is 3.52. The van der Waals surface area contributed by atoms with Gasteiger partial charge < -0.3 is 0 Å². The minimum Gasteiger partial charge on any atom is -0.267 e. The van der Waals surface area contributed by atoms with E-state index in [2.05, 4.69) is 10.5 Å². The molecule has 0 saturated heterocycles. The van der Waals surface area contributed by atoms with Crippen molar-refractivity contribution in [3.63, 3.8) is 0 Å². The lowest BCUT2D eigenvalue weighted by Gasteiger charge is -2.19. The molecule has 1 heterocycles. The van der Waals surface area contributed by atoms with Crippen molar-refractivity contribution in [2.24, 2.45) is 5.10 Å². The summed E-state index contributed by atoms with van der Waals surface area (Å²) in [6.07, 6.45) is 1.57. The van der Waals surface area contributed by atoms with Gasteiger partial charge in [-0.05, 0) is 40.8 Å².